The number of aromatic nitrogens is 4. The van der Waals surface area contributed by atoms with Gasteiger partial charge in [0, 0.05) is 43.8 Å². The van der Waals surface area contributed by atoms with Crippen molar-refractivity contribution in [3.63, 3.8) is 0 Å². The number of nitrogens with zero attached hydrogens (tertiary/aromatic N) is 4. The maximum absolute atomic E-state index is 6.82. The van der Waals surface area contributed by atoms with Crippen LogP contribution in [0.5, 0.6) is 0 Å². The minimum absolute atomic E-state index is 0.549. The van der Waals surface area contributed by atoms with E-state index in [4.69, 9.17) is 19.4 Å². The molecule has 260 valence electrons. The Labute approximate surface area is 320 Å². The molecular formula is C51H30N4O. The minimum atomic E-state index is 0.549. The average Bonchev–Trinajstić information content (AvgIpc) is 3.83. The average molecular weight is 715 g/mol. The maximum Gasteiger partial charge on any atom is 0.238 e. The number of furan rings is 1. The fraction of sp³-hybridized carbons (Fsp3) is 0. The van der Waals surface area contributed by atoms with Gasteiger partial charge >= 0.3 is 0 Å². The van der Waals surface area contributed by atoms with Crippen LogP contribution in [-0.4, -0.2) is 19.5 Å². The zero-order valence-electron chi connectivity index (χ0n) is 30.0. The lowest BCUT2D eigenvalue weighted by Crippen LogP contribution is -2.07. The highest BCUT2D eigenvalue weighted by Crippen LogP contribution is 2.45. The summed E-state index contributed by atoms with van der Waals surface area (Å²) in [6, 6.07) is 63.8. The first kappa shape index (κ1) is 30.8. The number of benzene rings is 9. The summed E-state index contributed by atoms with van der Waals surface area (Å²) < 4.78 is 9.06. The van der Waals surface area contributed by atoms with Crippen LogP contribution in [0.3, 0.4) is 0 Å². The molecule has 0 radical (unpaired) electrons. The van der Waals surface area contributed by atoms with E-state index in [0.717, 1.165) is 71.4 Å². The van der Waals surface area contributed by atoms with Crippen molar-refractivity contribution in [3.05, 3.63) is 182 Å². The van der Waals surface area contributed by atoms with E-state index in [-0.39, 0.29) is 0 Å². The fourth-order valence-corrected chi connectivity index (χ4v) is 8.68. The Hall–Kier alpha value is -7.63. The molecule has 3 aromatic heterocycles. The summed E-state index contributed by atoms with van der Waals surface area (Å²) in [5.74, 6) is 1.77. The first-order chi connectivity index (χ1) is 27.8. The predicted octanol–water partition coefficient (Wildman–Crippen LogP) is 13.3. The van der Waals surface area contributed by atoms with Crippen molar-refractivity contribution in [2.24, 2.45) is 0 Å². The van der Waals surface area contributed by atoms with Crippen LogP contribution in [0.1, 0.15) is 0 Å². The van der Waals surface area contributed by atoms with Gasteiger partial charge in [0.25, 0.3) is 0 Å². The van der Waals surface area contributed by atoms with E-state index >= 15 is 0 Å². The Morgan fingerprint density at radius 2 is 1.00 bits per heavy atom. The molecule has 0 saturated heterocycles. The Balaban J connectivity index is 1.21. The SMILES string of the molecule is c1ccc(-c2nc(-c3ccc4ccccc4c3)nc(-n3c4ccc5ccccc5c4c4cccc(-c5cccc6c5oc5ccc7ccccc7c56)c43)n2)cc1. The summed E-state index contributed by atoms with van der Waals surface area (Å²) in [6.45, 7) is 0. The van der Waals surface area contributed by atoms with Gasteiger partial charge in [-0.2, -0.15) is 9.97 Å². The van der Waals surface area contributed by atoms with Crippen LogP contribution in [0.2, 0.25) is 0 Å². The third-order valence-corrected chi connectivity index (χ3v) is 11.2. The van der Waals surface area contributed by atoms with Crippen molar-refractivity contribution < 1.29 is 4.42 Å². The number of hydrogen-bond acceptors (Lipinski definition) is 4. The van der Waals surface area contributed by atoms with Gasteiger partial charge in [-0.15, -0.1) is 0 Å². The van der Waals surface area contributed by atoms with Crippen molar-refractivity contribution in [2.45, 2.75) is 0 Å². The monoisotopic (exact) mass is 714 g/mol. The van der Waals surface area contributed by atoms with Gasteiger partial charge in [-0.1, -0.05) is 164 Å². The first-order valence-corrected chi connectivity index (χ1v) is 18.9. The van der Waals surface area contributed by atoms with E-state index in [9.17, 15) is 0 Å². The molecule has 12 aromatic rings. The summed E-state index contributed by atoms with van der Waals surface area (Å²) in [6.07, 6.45) is 0. The molecule has 0 saturated carbocycles. The van der Waals surface area contributed by atoms with Crippen LogP contribution < -0.4 is 0 Å². The van der Waals surface area contributed by atoms with E-state index in [1.165, 1.54) is 26.9 Å². The van der Waals surface area contributed by atoms with Gasteiger partial charge in [0.05, 0.1) is 11.0 Å². The van der Waals surface area contributed by atoms with E-state index in [1.54, 1.807) is 0 Å². The molecule has 0 spiro atoms. The zero-order chi connectivity index (χ0) is 36.7. The van der Waals surface area contributed by atoms with Crippen molar-refractivity contribution in [1.82, 2.24) is 19.5 Å². The fourth-order valence-electron chi connectivity index (χ4n) is 8.68. The van der Waals surface area contributed by atoms with Gasteiger partial charge in [0.2, 0.25) is 5.95 Å². The third kappa shape index (κ3) is 4.58. The summed E-state index contributed by atoms with van der Waals surface area (Å²) in [5, 5.41) is 11.5. The second-order valence-corrected chi connectivity index (χ2v) is 14.4. The van der Waals surface area contributed by atoms with Crippen molar-refractivity contribution in [2.75, 3.05) is 0 Å². The van der Waals surface area contributed by atoms with Crippen LogP contribution in [0.15, 0.2) is 186 Å². The van der Waals surface area contributed by atoms with E-state index in [2.05, 4.69) is 168 Å². The van der Waals surface area contributed by atoms with Crippen molar-refractivity contribution >= 4 is 76.1 Å². The Kier molecular flexibility index (Phi) is 6.56. The van der Waals surface area contributed by atoms with E-state index in [0.29, 0.717) is 17.6 Å². The highest BCUT2D eigenvalue weighted by Gasteiger charge is 2.24. The van der Waals surface area contributed by atoms with E-state index in [1.807, 2.05) is 18.2 Å². The molecule has 0 amide bonds. The lowest BCUT2D eigenvalue weighted by Gasteiger charge is -2.13. The Morgan fingerprint density at radius 1 is 0.393 bits per heavy atom. The van der Waals surface area contributed by atoms with Crippen LogP contribution >= 0.6 is 0 Å². The normalized spacial score (nSPS) is 11.9. The van der Waals surface area contributed by atoms with Crippen molar-refractivity contribution in [1.29, 1.82) is 0 Å². The van der Waals surface area contributed by atoms with Crippen LogP contribution in [0.25, 0.3) is 116 Å². The highest BCUT2D eigenvalue weighted by atomic mass is 16.3. The molecule has 0 aliphatic rings. The molecular weight excluding hydrogens is 685 g/mol. The van der Waals surface area contributed by atoms with Gasteiger partial charge in [0.15, 0.2) is 11.6 Å². The molecule has 5 nitrogen and oxygen atoms in total. The lowest BCUT2D eigenvalue weighted by molar-refractivity contribution is 0.670. The predicted molar refractivity (Wildman–Crippen MR) is 230 cm³/mol. The molecule has 9 aromatic carbocycles. The lowest BCUT2D eigenvalue weighted by atomic mass is 9.97. The molecule has 0 fully saturated rings. The standard InChI is InChI=1S/C51H30N4O/c1-2-15-34(16-3-1)49-52-50(36-25-24-31-12-4-5-17-35(31)30-36)54-51(53-49)55-43-28-26-32-13-6-8-18-37(32)45(43)41-22-10-20-39(47(41)55)40-21-11-23-42-46-38-19-9-7-14-33(38)27-29-44(46)56-48(40)42/h1-30H. The largest absolute Gasteiger partial charge is 0.455 e. The second-order valence-electron chi connectivity index (χ2n) is 14.4. The molecule has 12 rings (SSSR count). The van der Waals surface area contributed by atoms with E-state index < -0.39 is 0 Å². The van der Waals surface area contributed by atoms with Crippen LogP contribution in [0.4, 0.5) is 0 Å². The summed E-state index contributed by atoms with van der Waals surface area (Å²) in [5.41, 5.74) is 7.63. The molecule has 3 heterocycles. The third-order valence-electron chi connectivity index (χ3n) is 11.2. The Morgan fingerprint density at radius 3 is 1.80 bits per heavy atom. The minimum Gasteiger partial charge on any atom is -0.455 e. The molecule has 0 N–H and O–H groups in total. The smallest absolute Gasteiger partial charge is 0.238 e. The zero-order valence-corrected chi connectivity index (χ0v) is 30.0. The van der Waals surface area contributed by atoms with Crippen LogP contribution in [0, 0.1) is 0 Å². The topological polar surface area (TPSA) is 56.7 Å². The summed E-state index contributed by atoms with van der Waals surface area (Å²) >= 11 is 0. The van der Waals surface area contributed by atoms with Gasteiger partial charge in [-0.3, -0.25) is 4.57 Å². The molecule has 0 atom stereocenters. The van der Waals surface area contributed by atoms with Gasteiger partial charge in [-0.05, 0) is 50.5 Å². The molecule has 0 unspecified atom stereocenters. The quantitative estimate of drug-likeness (QED) is 0.182. The molecule has 0 aliphatic heterocycles. The maximum atomic E-state index is 6.82. The molecule has 0 bridgehead atoms. The number of hydrogen-bond donors (Lipinski definition) is 0. The Bertz CT molecular complexity index is 3540. The second kappa shape index (κ2) is 11.9. The molecule has 0 aliphatic carbocycles. The summed E-state index contributed by atoms with van der Waals surface area (Å²) in [4.78, 5) is 15.8. The number of para-hydroxylation sites is 2. The number of fused-ring (bicyclic) bond motifs is 11. The highest BCUT2D eigenvalue weighted by molar-refractivity contribution is 6.25. The molecule has 5 heteroatoms. The first-order valence-electron chi connectivity index (χ1n) is 18.9. The number of rotatable bonds is 4. The summed E-state index contributed by atoms with van der Waals surface area (Å²) in [7, 11) is 0. The van der Waals surface area contributed by atoms with Gasteiger partial charge in [0.1, 0.15) is 11.2 Å². The van der Waals surface area contributed by atoms with Gasteiger partial charge in [-0.25, -0.2) is 4.98 Å². The van der Waals surface area contributed by atoms with Crippen molar-refractivity contribution in [3.8, 4) is 39.9 Å². The van der Waals surface area contributed by atoms with Crippen LogP contribution in [-0.2, 0) is 0 Å². The van der Waals surface area contributed by atoms with Gasteiger partial charge < -0.3 is 4.42 Å². The molecule has 56 heavy (non-hydrogen) atoms.